The lowest BCUT2D eigenvalue weighted by Gasteiger charge is -2.32. The van der Waals surface area contributed by atoms with Gasteiger partial charge in [0.1, 0.15) is 12.1 Å². The predicted octanol–water partition coefficient (Wildman–Crippen LogP) is 3.11. The van der Waals surface area contributed by atoms with Gasteiger partial charge in [0, 0.05) is 18.2 Å². The molecule has 1 saturated carbocycles. The molecule has 6 nitrogen and oxygen atoms in total. The number of hydrogen-bond donors (Lipinski definition) is 2. The number of rotatable bonds is 2. The maximum Gasteiger partial charge on any atom is 0.414 e. The van der Waals surface area contributed by atoms with Crippen molar-refractivity contribution in [3.63, 3.8) is 0 Å². The highest BCUT2D eigenvalue weighted by atomic mass is 16.6. The second-order valence-electron chi connectivity index (χ2n) is 5.88. The van der Waals surface area contributed by atoms with Crippen molar-refractivity contribution in [2.75, 3.05) is 5.32 Å². The predicted molar refractivity (Wildman–Crippen MR) is 84.4 cm³/mol. The molecule has 1 aliphatic rings. The lowest BCUT2D eigenvalue weighted by atomic mass is 9.92. The van der Waals surface area contributed by atoms with Crippen LogP contribution in [-0.2, 0) is 4.74 Å². The van der Waals surface area contributed by atoms with Gasteiger partial charge in [-0.05, 0) is 31.9 Å². The van der Waals surface area contributed by atoms with Crippen molar-refractivity contribution in [3.8, 4) is 0 Å². The Bertz CT molecular complexity index is 696. The molecule has 1 aliphatic carbocycles. The van der Waals surface area contributed by atoms with Gasteiger partial charge in [-0.3, -0.25) is 11.1 Å². The van der Waals surface area contributed by atoms with Gasteiger partial charge in [-0.2, -0.15) is 0 Å². The van der Waals surface area contributed by atoms with Crippen LogP contribution in [-0.4, -0.2) is 21.8 Å². The summed E-state index contributed by atoms with van der Waals surface area (Å²) in [5.41, 5.74) is 7.12. The maximum atomic E-state index is 12.1. The number of nitrogens with two attached hydrogens (primary N) is 1. The van der Waals surface area contributed by atoms with Crippen LogP contribution in [0, 0.1) is 6.92 Å². The zero-order valence-corrected chi connectivity index (χ0v) is 12.6. The van der Waals surface area contributed by atoms with Gasteiger partial charge < -0.3 is 4.74 Å². The topological polar surface area (TPSA) is 90.1 Å². The van der Waals surface area contributed by atoms with E-state index in [0.717, 1.165) is 35.7 Å². The summed E-state index contributed by atoms with van der Waals surface area (Å²) in [4.78, 5) is 20.5. The molecular weight excluding hydrogens is 280 g/mol. The van der Waals surface area contributed by atoms with E-state index in [1.807, 2.05) is 25.1 Å². The Labute approximate surface area is 129 Å². The normalized spacial score (nSPS) is 17.2. The highest BCUT2D eigenvalue weighted by Gasteiger charge is 2.31. The molecule has 1 amide bonds. The van der Waals surface area contributed by atoms with Crippen molar-refractivity contribution in [2.24, 2.45) is 5.73 Å². The van der Waals surface area contributed by atoms with Gasteiger partial charge in [0.25, 0.3) is 0 Å². The standard InChI is InChI=1S/C16H20N4O2/c1-11-5-6-13-12(9-11)14(19-10-18-13)20-15(21)22-16(17)7-3-2-4-8-16/h5-6,9-10H,2-4,7-8,17H2,1H3,(H,18,19,20,21). The first-order valence-corrected chi connectivity index (χ1v) is 7.56. The lowest BCUT2D eigenvalue weighted by molar-refractivity contribution is -0.00446. The Hall–Kier alpha value is -2.21. The van der Waals surface area contributed by atoms with E-state index in [2.05, 4.69) is 15.3 Å². The minimum atomic E-state index is -0.860. The minimum absolute atomic E-state index is 0.443. The fourth-order valence-electron chi connectivity index (χ4n) is 2.83. The number of aromatic nitrogens is 2. The summed E-state index contributed by atoms with van der Waals surface area (Å²) in [5.74, 6) is 0.443. The number of carbonyl (C=O) groups is 1. The van der Waals surface area contributed by atoms with Crippen LogP contribution in [0.1, 0.15) is 37.7 Å². The van der Waals surface area contributed by atoms with Gasteiger partial charge in [-0.1, -0.05) is 18.1 Å². The second kappa shape index (κ2) is 5.88. The first-order chi connectivity index (χ1) is 10.6. The molecule has 1 aromatic carbocycles. The van der Waals surface area contributed by atoms with E-state index < -0.39 is 11.8 Å². The van der Waals surface area contributed by atoms with Gasteiger partial charge in [0.15, 0.2) is 5.72 Å². The van der Waals surface area contributed by atoms with Gasteiger partial charge in [-0.25, -0.2) is 14.8 Å². The molecule has 1 fully saturated rings. The first-order valence-electron chi connectivity index (χ1n) is 7.56. The number of ether oxygens (including phenoxy) is 1. The Kier molecular flexibility index (Phi) is 3.94. The van der Waals surface area contributed by atoms with E-state index in [0.29, 0.717) is 18.7 Å². The minimum Gasteiger partial charge on any atom is -0.428 e. The molecule has 22 heavy (non-hydrogen) atoms. The van der Waals surface area contributed by atoms with E-state index in [1.54, 1.807) is 0 Å². The lowest BCUT2D eigenvalue weighted by Crippen LogP contribution is -2.46. The quantitative estimate of drug-likeness (QED) is 0.832. The summed E-state index contributed by atoms with van der Waals surface area (Å²) >= 11 is 0. The fraction of sp³-hybridized carbons (Fsp3) is 0.438. The van der Waals surface area contributed by atoms with Crippen molar-refractivity contribution in [3.05, 3.63) is 30.1 Å². The molecule has 0 bridgehead atoms. The molecule has 3 rings (SSSR count). The van der Waals surface area contributed by atoms with Crippen molar-refractivity contribution >= 4 is 22.8 Å². The van der Waals surface area contributed by atoms with E-state index in [1.165, 1.54) is 6.33 Å². The smallest absolute Gasteiger partial charge is 0.414 e. The number of nitrogens with zero attached hydrogens (tertiary/aromatic N) is 2. The number of benzene rings is 1. The molecule has 0 spiro atoms. The number of fused-ring (bicyclic) bond motifs is 1. The molecule has 0 radical (unpaired) electrons. The van der Waals surface area contributed by atoms with Crippen LogP contribution in [0.3, 0.4) is 0 Å². The highest BCUT2D eigenvalue weighted by molar-refractivity contribution is 5.96. The van der Waals surface area contributed by atoms with Crippen LogP contribution in [0.2, 0.25) is 0 Å². The number of aryl methyl sites for hydroxylation is 1. The van der Waals surface area contributed by atoms with Crippen LogP contribution in [0.4, 0.5) is 10.6 Å². The molecule has 0 atom stereocenters. The van der Waals surface area contributed by atoms with Gasteiger partial charge >= 0.3 is 6.09 Å². The first kappa shape index (κ1) is 14.7. The van der Waals surface area contributed by atoms with Gasteiger partial charge in [0.2, 0.25) is 0 Å². The zero-order chi connectivity index (χ0) is 15.6. The largest absolute Gasteiger partial charge is 0.428 e. The number of carbonyl (C=O) groups excluding carboxylic acids is 1. The molecule has 116 valence electrons. The van der Waals surface area contributed by atoms with Crippen LogP contribution < -0.4 is 11.1 Å². The van der Waals surface area contributed by atoms with E-state index >= 15 is 0 Å². The molecule has 0 aliphatic heterocycles. The molecule has 2 aromatic rings. The summed E-state index contributed by atoms with van der Waals surface area (Å²) in [7, 11) is 0. The van der Waals surface area contributed by atoms with E-state index in [-0.39, 0.29) is 0 Å². The number of amides is 1. The van der Waals surface area contributed by atoms with Crippen LogP contribution in [0.15, 0.2) is 24.5 Å². The van der Waals surface area contributed by atoms with Gasteiger partial charge in [0.05, 0.1) is 5.52 Å². The average Bonchev–Trinajstić information content (AvgIpc) is 2.48. The SMILES string of the molecule is Cc1ccc2ncnc(NC(=O)OC3(N)CCCCC3)c2c1. The van der Waals surface area contributed by atoms with Crippen LogP contribution in [0.5, 0.6) is 0 Å². The van der Waals surface area contributed by atoms with Crippen LogP contribution >= 0.6 is 0 Å². The van der Waals surface area contributed by atoms with Crippen molar-refractivity contribution < 1.29 is 9.53 Å². The van der Waals surface area contributed by atoms with Crippen molar-refractivity contribution in [1.82, 2.24) is 9.97 Å². The summed E-state index contributed by atoms with van der Waals surface area (Å²) in [5, 5.41) is 3.48. The van der Waals surface area contributed by atoms with E-state index in [9.17, 15) is 4.79 Å². The molecule has 1 heterocycles. The zero-order valence-electron chi connectivity index (χ0n) is 12.6. The summed E-state index contributed by atoms with van der Waals surface area (Å²) in [6.07, 6.45) is 5.37. The highest BCUT2D eigenvalue weighted by Crippen LogP contribution is 2.27. The van der Waals surface area contributed by atoms with Gasteiger partial charge in [-0.15, -0.1) is 0 Å². The molecule has 0 saturated heterocycles. The molecule has 1 aromatic heterocycles. The Balaban J connectivity index is 1.78. The average molecular weight is 300 g/mol. The third-order valence-electron chi connectivity index (χ3n) is 4.01. The Morgan fingerprint density at radius 2 is 2.05 bits per heavy atom. The van der Waals surface area contributed by atoms with E-state index in [4.69, 9.17) is 10.5 Å². The fourth-order valence-corrected chi connectivity index (χ4v) is 2.83. The Morgan fingerprint density at radius 3 is 2.82 bits per heavy atom. The third kappa shape index (κ3) is 3.17. The number of nitrogens with one attached hydrogen (secondary N) is 1. The molecular formula is C16H20N4O2. The third-order valence-corrected chi connectivity index (χ3v) is 4.01. The summed E-state index contributed by atoms with van der Waals surface area (Å²) in [6, 6.07) is 5.80. The summed E-state index contributed by atoms with van der Waals surface area (Å²) < 4.78 is 5.43. The van der Waals surface area contributed by atoms with Crippen molar-refractivity contribution in [2.45, 2.75) is 44.8 Å². The maximum absolute atomic E-state index is 12.1. The number of anilines is 1. The molecule has 3 N–H and O–H groups in total. The molecule has 6 heteroatoms. The monoisotopic (exact) mass is 300 g/mol. The summed E-state index contributed by atoms with van der Waals surface area (Å²) in [6.45, 7) is 1.98. The molecule has 0 unspecified atom stereocenters. The number of hydrogen-bond acceptors (Lipinski definition) is 5. The van der Waals surface area contributed by atoms with Crippen LogP contribution in [0.25, 0.3) is 10.9 Å². The second-order valence-corrected chi connectivity index (χ2v) is 5.88. The van der Waals surface area contributed by atoms with Crippen molar-refractivity contribution in [1.29, 1.82) is 0 Å². The Morgan fingerprint density at radius 1 is 1.27 bits per heavy atom.